The molecule has 1 aromatic heterocycles. The number of hydrogen-bond donors (Lipinski definition) is 2. The molecule has 1 heterocycles. The Labute approximate surface area is 120 Å². The first kappa shape index (κ1) is 14.2. The van der Waals surface area contributed by atoms with Crippen molar-refractivity contribution < 1.29 is 14.7 Å². The van der Waals surface area contributed by atoms with Gasteiger partial charge in [-0.05, 0) is 25.0 Å². The Balaban J connectivity index is 2.11. The van der Waals surface area contributed by atoms with Gasteiger partial charge >= 0.3 is 5.97 Å². The van der Waals surface area contributed by atoms with Crippen molar-refractivity contribution in [1.29, 1.82) is 0 Å². The van der Waals surface area contributed by atoms with Crippen LogP contribution in [-0.2, 0) is 0 Å². The highest BCUT2D eigenvalue weighted by atomic mass is 32.1. The van der Waals surface area contributed by atoms with Gasteiger partial charge in [0.2, 0.25) is 0 Å². The van der Waals surface area contributed by atoms with Crippen LogP contribution in [0.1, 0.15) is 44.4 Å². The van der Waals surface area contributed by atoms with Gasteiger partial charge in [0, 0.05) is 5.38 Å². The topological polar surface area (TPSA) is 79.3 Å². The summed E-state index contributed by atoms with van der Waals surface area (Å²) in [5.74, 6) is -1.49. The van der Waals surface area contributed by atoms with E-state index in [1.807, 2.05) is 38.1 Å². The highest BCUT2D eigenvalue weighted by molar-refractivity contribution is 7.11. The molecule has 1 amide bonds. The zero-order valence-corrected chi connectivity index (χ0v) is 11.9. The zero-order chi connectivity index (χ0) is 14.7. The molecular weight excluding hydrogens is 276 g/mol. The fraction of sp³-hybridized carbons (Fsp3) is 0.214. The summed E-state index contributed by atoms with van der Waals surface area (Å²) in [6, 6.07) is 7.61. The van der Waals surface area contributed by atoms with Crippen LogP contribution in [0.3, 0.4) is 0 Å². The molecule has 2 aromatic rings. The average molecular weight is 290 g/mol. The van der Waals surface area contributed by atoms with Crippen molar-refractivity contribution in [2.75, 3.05) is 0 Å². The van der Waals surface area contributed by atoms with Gasteiger partial charge in [-0.15, -0.1) is 11.3 Å². The van der Waals surface area contributed by atoms with Gasteiger partial charge in [0.15, 0.2) is 10.7 Å². The molecule has 2 N–H and O–H groups in total. The molecule has 1 unspecified atom stereocenters. The van der Waals surface area contributed by atoms with E-state index in [1.165, 1.54) is 5.38 Å². The minimum atomic E-state index is -1.13. The van der Waals surface area contributed by atoms with Crippen LogP contribution in [0.15, 0.2) is 29.6 Å². The second kappa shape index (κ2) is 5.83. The first-order valence-corrected chi connectivity index (χ1v) is 6.92. The van der Waals surface area contributed by atoms with Crippen molar-refractivity contribution in [2.45, 2.75) is 19.9 Å². The van der Waals surface area contributed by atoms with Crippen LogP contribution in [0.5, 0.6) is 0 Å². The van der Waals surface area contributed by atoms with Crippen molar-refractivity contribution >= 4 is 23.2 Å². The van der Waals surface area contributed by atoms with E-state index < -0.39 is 5.97 Å². The Morgan fingerprint density at radius 3 is 2.65 bits per heavy atom. The number of benzene rings is 1. The Morgan fingerprint density at radius 1 is 1.35 bits per heavy atom. The third-order valence-corrected chi connectivity index (χ3v) is 3.76. The summed E-state index contributed by atoms with van der Waals surface area (Å²) in [6.45, 7) is 3.86. The third kappa shape index (κ3) is 3.03. The summed E-state index contributed by atoms with van der Waals surface area (Å²) in [6.07, 6.45) is 0. The van der Waals surface area contributed by atoms with E-state index >= 15 is 0 Å². The smallest absolute Gasteiger partial charge is 0.355 e. The van der Waals surface area contributed by atoms with Crippen LogP contribution >= 0.6 is 11.3 Å². The molecule has 1 atom stereocenters. The number of nitrogens with one attached hydrogen (secondary N) is 1. The lowest BCUT2D eigenvalue weighted by atomic mass is 10.0. The standard InChI is InChI=1S/C14H14N2O3S/c1-8-5-3-4-6-10(8)9(2)15-12(17)13-16-11(7-20-13)14(18)19/h3-7,9H,1-2H3,(H,15,17)(H,18,19). The molecule has 5 nitrogen and oxygen atoms in total. The minimum absolute atomic E-state index is 0.108. The van der Waals surface area contributed by atoms with E-state index in [-0.39, 0.29) is 22.7 Å². The molecular formula is C14H14N2O3S. The lowest BCUT2D eigenvalue weighted by Crippen LogP contribution is -2.27. The van der Waals surface area contributed by atoms with Crippen LogP contribution in [0, 0.1) is 6.92 Å². The molecule has 0 aliphatic heterocycles. The molecule has 0 aliphatic carbocycles. The highest BCUT2D eigenvalue weighted by Gasteiger charge is 2.17. The molecule has 104 valence electrons. The van der Waals surface area contributed by atoms with Crippen LogP contribution in [0.4, 0.5) is 0 Å². The number of amides is 1. The van der Waals surface area contributed by atoms with Crippen molar-refractivity contribution in [3.8, 4) is 0 Å². The molecule has 20 heavy (non-hydrogen) atoms. The Bertz CT molecular complexity index is 651. The second-order valence-electron chi connectivity index (χ2n) is 4.39. The normalized spacial score (nSPS) is 11.9. The van der Waals surface area contributed by atoms with Crippen LogP contribution in [-0.4, -0.2) is 22.0 Å². The molecule has 0 radical (unpaired) electrons. The number of aromatic carboxylic acids is 1. The number of carboxylic acid groups (broad SMARTS) is 1. The number of aryl methyl sites for hydroxylation is 1. The van der Waals surface area contributed by atoms with E-state index in [2.05, 4.69) is 10.3 Å². The van der Waals surface area contributed by atoms with Crippen LogP contribution in [0.25, 0.3) is 0 Å². The van der Waals surface area contributed by atoms with Gasteiger partial charge in [-0.25, -0.2) is 9.78 Å². The number of aromatic nitrogens is 1. The first-order valence-electron chi connectivity index (χ1n) is 6.04. The molecule has 0 saturated heterocycles. The molecule has 0 saturated carbocycles. The van der Waals surface area contributed by atoms with E-state index in [9.17, 15) is 9.59 Å². The molecule has 1 aromatic carbocycles. The summed E-state index contributed by atoms with van der Waals surface area (Å²) >= 11 is 1.02. The van der Waals surface area contributed by atoms with Gasteiger partial charge in [-0.2, -0.15) is 0 Å². The Hall–Kier alpha value is -2.21. The maximum Gasteiger partial charge on any atom is 0.355 e. The van der Waals surface area contributed by atoms with E-state index in [4.69, 9.17) is 5.11 Å². The van der Waals surface area contributed by atoms with Gasteiger partial charge in [-0.1, -0.05) is 24.3 Å². The number of carbonyl (C=O) groups is 2. The molecule has 6 heteroatoms. The summed E-state index contributed by atoms with van der Waals surface area (Å²) < 4.78 is 0. The summed E-state index contributed by atoms with van der Waals surface area (Å²) in [5.41, 5.74) is 2.00. The van der Waals surface area contributed by atoms with Gasteiger partial charge in [0.25, 0.3) is 5.91 Å². The quantitative estimate of drug-likeness (QED) is 0.907. The highest BCUT2D eigenvalue weighted by Crippen LogP contribution is 2.18. The van der Waals surface area contributed by atoms with E-state index in [0.717, 1.165) is 22.5 Å². The van der Waals surface area contributed by atoms with E-state index in [1.54, 1.807) is 0 Å². The summed E-state index contributed by atoms with van der Waals surface area (Å²) in [5, 5.41) is 13.1. The molecule has 0 bridgehead atoms. The Morgan fingerprint density at radius 2 is 2.05 bits per heavy atom. The largest absolute Gasteiger partial charge is 0.476 e. The van der Waals surface area contributed by atoms with Gasteiger partial charge < -0.3 is 10.4 Å². The van der Waals surface area contributed by atoms with Crippen molar-refractivity contribution in [2.24, 2.45) is 0 Å². The summed E-state index contributed by atoms with van der Waals surface area (Å²) in [7, 11) is 0. The van der Waals surface area contributed by atoms with Gasteiger partial charge in [0.1, 0.15) is 0 Å². The second-order valence-corrected chi connectivity index (χ2v) is 5.25. The predicted molar refractivity (Wildman–Crippen MR) is 76.1 cm³/mol. The molecule has 0 fully saturated rings. The number of rotatable bonds is 4. The fourth-order valence-electron chi connectivity index (χ4n) is 1.89. The van der Waals surface area contributed by atoms with Gasteiger partial charge in [0.05, 0.1) is 6.04 Å². The maximum atomic E-state index is 12.0. The number of carboxylic acids is 1. The maximum absolute atomic E-state index is 12.0. The summed E-state index contributed by atoms with van der Waals surface area (Å²) in [4.78, 5) is 26.5. The van der Waals surface area contributed by atoms with Gasteiger partial charge in [-0.3, -0.25) is 4.79 Å². The number of nitrogens with zero attached hydrogens (tertiary/aromatic N) is 1. The monoisotopic (exact) mass is 290 g/mol. The minimum Gasteiger partial charge on any atom is -0.476 e. The van der Waals surface area contributed by atoms with Crippen molar-refractivity contribution in [3.05, 3.63) is 51.5 Å². The zero-order valence-electron chi connectivity index (χ0n) is 11.1. The SMILES string of the molecule is Cc1ccccc1C(C)NC(=O)c1nc(C(=O)O)cs1. The number of hydrogen-bond acceptors (Lipinski definition) is 4. The Kier molecular flexibility index (Phi) is 4.14. The first-order chi connectivity index (χ1) is 9.49. The third-order valence-electron chi connectivity index (χ3n) is 2.92. The molecule has 2 rings (SSSR count). The lowest BCUT2D eigenvalue weighted by molar-refractivity contribution is 0.0691. The van der Waals surface area contributed by atoms with Crippen LogP contribution < -0.4 is 5.32 Å². The average Bonchev–Trinajstić information content (AvgIpc) is 2.88. The van der Waals surface area contributed by atoms with E-state index in [0.29, 0.717) is 0 Å². The molecule has 0 spiro atoms. The van der Waals surface area contributed by atoms with Crippen LogP contribution in [0.2, 0.25) is 0 Å². The predicted octanol–water partition coefficient (Wildman–Crippen LogP) is 2.64. The number of carbonyl (C=O) groups excluding carboxylic acids is 1. The van der Waals surface area contributed by atoms with Crippen molar-refractivity contribution in [3.63, 3.8) is 0 Å². The number of thiazole rings is 1. The van der Waals surface area contributed by atoms with Crippen molar-refractivity contribution in [1.82, 2.24) is 10.3 Å². The fourth-order valence-corrected chi connectivity index (χ4v) is 2.58. The molecule has 0 aliphatic rings. The lowest BCUT2D eigenvalue weighted by Gasteiger charge is -2.15.